The van der Waals surface area contributed by atoms with Gasteiger partial charge in [-0.15, -0.1) is 11.3 Å². The van der Waals surface area contributed by atoms with Gasteiger partial charge in [0.25, 0.3) is 0 Å². The SMILES string of the molecule is CCCc1ncc(-c2cccs2)o1. The first kappa shape index (κ1) is 8.51. The van der Waals surface area contributed by atoms with Crippen LogP contribution in [-0.2, 0) is 6.42 Å². The third-order valence-electron chi connectivity index (χ3n) is 1.78. The minimum atomic E-state index is 0.839. The average Bonchev–Trinajstić information content (AvgIpc) is 2.70. The Bertz CT molecular complexity index is 364. The van der Waals surface area contributed by atoms with Crippen LogP contribution < -0.4 is 0 Å². The van der Waals surface area contributed by atoms with Crippen LogP contribution in [0.2, 0.25) is 0 Å². The second-order valence-electron chi connectivity index (χ2n) is 2.85. The molecule has 0 amide bonds. The first-order valence-electron chi connectivity index (χ1n) is 4.38. The van der Waals surface area contributed by atoms with Gasteiger partial charge in [-0.2, -0.15) is 0 Å². The summed E-state index contributed by atoms with van der Waals surface area (Å²) in [6, 6.07) is 4.06. The largest absolute Gasteiger partial charge is 0.440 e. The van der Waals surface area contributed by atoms with E-state index in [1.165, 1.54) is 0 Å². The molecule has 0 radical (unpaired) electrons. The Labute approximate surface area is 81.2 Å². The van der Waals surface area contributed by atoms with E-state index in [2.05, 4.69) is 11.9 Å². The molecule has 13 heavy (non-hydrogen) atoms. The lowest BCUT2D eigenvalue weighted by Gasteiger charge is -1.89. The molecule has 2 rings (SSSR count). The quantitative estimate of drug-likeness (QED) is 0.747. The highest BCUT2D eigenvalue weighted by Crippen LogP contribution is 2.25. The summed E-state index contributed by atoms with van der Waals surface area (Å²) in [5.41, 5.74) is 0. The van der Waals surface area contributed by atoms with Gasteiger partial charge >= 0.3 is 0 Å². The summed E-state index contributed by atoms with van der Waals surface area (Å²) in [6.07, 6.45) is 3.80. The maximum Gasteiger partial charge on any atom is 0.194 e. The molecule has 2 nitrogen and oxygen atoms in total. The van der Waals surface area contributed by atoms with E-state index in [0.717, 1.165) is 29.4 Å². The van der Waals surface area contributed by atoms with Crippen LogP contribution in [0.4, 0.5) is 0 Å². The minimum Gasteiger partial charge on any atom is -0.440 e. The van der Waals surface area contributed by atoms with E-state index in [1.807, 2.05) is 17.5 Å². The molecular formula is C10H11NOS. The molecule has 0 fully saturated rings. The standard InChI is InChI=1S/C10H11NOS/c1-2-4-10-11-7-8(12-10)9-5-3-6-13-9/h3,5-7H,2,4H2,1H3. The smallest absolute Gasteiger partial charge is 0.194 e. The molecule has 68 valence electrons. The third kappa shape index (κ3) is 1.80. The normalized spacial score (nSPS) is 10.5. The molecule has 0 aromatic carbocycles. The monoisotopic (exact) mass is 193 g/mol. The molecule has 2 aromatic rings. The van der Waals surface area contributed by atoms with Crippen LogP contribution in [-0.4, -0.2) is 4.98 Å². The van der Waals surface area contributed by atoms with Crippen LogP contribution in [0.15, 0.2) is 28.1 Å². The van der Waals surface area contributed by atoms with Crippen LogP contribution in [0.5, 0.6) is 0 Å². The zero-order valence-electron chi connectivity index (χ0n) is 7.49. The molecule has 3 heteroatoms. The summed E-state index contributed by atoms with van der Waals surface area (Å²) in [5.74, 6) is 1.73. The van der Waals surface area contributed by atoms with Crippen molar-refractivity contribution in [3.8, 4) is 10.6 Å². The van der Waals surface area contributed by atoms with Gasteiger partial charge in [0.2, 0.25) is 0 Å². The minimum absolute atomic E-state index is 0.839. The van der Waals surface area contributed by atoms with Crippen molar-refractivity contribution in [1.29, 1.82) is 0 Å². The fourth-order valence-electron chi connectivity index (χ4n) is 1.17. The molecule has 0 saturated heterocycles. The van der Waals surface area contributed by atoms with E-state index in [0.29, 0.717) is 0 Å². The van der Waals surface area contributed by atoms with Gasteiger partial charge < -0.3 is 4.42 Å². The molecule has 2 heterocycles. The summed E-state index contributed by atoms with van der Waals surface area (Å²) in [4.78, 5) is 5.35. The predicted octanol–water partition coefficient (Wildman–Crippen LogP) is 3.36. The number of rotatable bonds is 3. The Balaban J connectivity index is 2.23. The highest BCUT2D eigenvalue weighted by molar-refractivity contribution is 7.13. The summed E-state index contributed by atoms with van der Waals surface area (Å²) in [6.45, 7) is 2.12. The molecule has 0 saturated carbocycles. The Kier molecular flexibility index (Phi) is 2.45. The Morgan fingerprint density at radius 2 is 2.46 bits per heavy atom. The number of hydrogen-bond donors (Lipinski definition) is 0. The molecule has 0 N–H and O–H groups in total. The summed E-state index contributed by atoms with van der Waals surface area (Å²) in [7, 11) is 0. The first-order chi connectivity index (χ1) is 6.40. The van der Waals surface area contributed by atoms with E-state index in [-0.39, 0.29) is 0 Å². The Hall–Kier alpha value is -1.09. The molecule has 0 aliphatic heterocycles. The van der Waals surface area contributed by atoms with Crippen molar-refractivity contribution in [3.63, 3.8) is 0 Å². The summed E-state index contributed by atoms with van der Waals surface area (Å²) >= 11 is 1.67. The molecule has 0 spiro atoms. The number of aromatic nitrogens is 1. The maximum atomic E-state index is 5.57. The molecule has 0 unspecified atom stereocenters. The average molecular weight is 193 g/mol. The van der Waals surface area contributed by atoms with Crippen molar-refractivity contribution in [2.75, 3.05) is 0 Å². The highest BCUT2D eigenvalue weighted by atomic mass is 32.1. The predicted molar refractivity (Wildman–Crippen MR) is 53.8 cm³/mol. The van der Waals surface area contributed by atoms with E-state index < -0.39 is 0 Å². The van der Waals surface area contributed by atoms with Gasteiger partial charge in [0.15, 0.2) is 11.7 Å². The number of oxazole rings is 1. The van der Waals surface area contributed by atoms with Crippen molar-refractivity contribution >= 4 is 11.3 Å². The van der Waals surface area contributed by atoms with Gasteiger partial charge in [0.05, 0.1) is 11.1 Å². The van der Waals surface area contributed by atoms with Crippen molar-refractivity contribution in [1.82, 2.24) is 4.98 Å². The third-order valence-corrected chi connectivity index (χ3v) is 2.67. The molecule has 0 atom stereocenters. The van der Waals surface area contributed by atoms with Gasteiger partial charge in [0.1, 0.15) is 0 Å². The van der Waals surface area contributed by atoms with Crippen molar-refractivity contribution in [2.45, 2.75) is 19.8 Å². The lowest BCUT2D eigenvalue weighted by molar-refractivity contribution is 0.504. The van der Waals surface area contributed by atoms with Crippen LogP contribution in [0, 0.1) is 0 Å². The molecule has 0 aliphatic carbocycles. The Morgan fingerprint density at radius 1 is 1.54 bits per heavy atom. The van der Waals surface area contributed by atoms with Crippen LogP contribution >= 0.6 is 11.3 Å². The molecule has 0 bridgehead atoms. The number of hydrogen-bond acceptors (Lipinski definition) is 3. The Morgan fingerprint density at radius 3 is 3.15 bits per heavy atom. The maximum absolute atomic E-state index is 5.57. The van der Waals surface area contributed by atoms with E-state index in [4.69, 9.17) is 4.42 Å². The fourth-order valence-corrected chi connectivity index (χ4v) is 1.84. The van der Waals surface area contributed by atoms with Crippen LogP contribution in [0.25, 0.3) is 10.6 Å². The zero-order valence-corrected chi connectivity index (χ0v) is 8.30. The van der Waals surface area contributed by atoms with E-state index >= 15 is 0 Å². The lowest BCUT2D eigenvalue weighted by atomic mass is 10.3. The van der Waals surface area contributed by atoms with E-state index in [9.17, 15) is 0 Å². The fraction of sp³-hybridized carbons (Fsp3) is 0.300. The van der Waals surface area contributed by atoms with Crippen molar-refractivity contribution in [3.05, 3.63) is 29.6 Å². The van der Waals surface area contributed by atoms with Gasteiger partial charge in [-0.3, -0.25) is 0 Å². The highest BCUT2D eigenvalue weighted by Gasteiger charge is 2.05. The molecule has 0 aliphatic rings. The zero-order chi connectivity index (χ0) is 9.10. The lowest BCUT2D eigenvalue weighted by Crippen LogP contribution is -1.79. The van der Waals surface area contributed by atoms with Crippen LogP contribution in [0.1, 0.15) is 19.2 Å². The first-order valence-corrected chi connectivity index (χ1v) is 5.26. The van der Waals surface area contributed by atoms with Gasteiger partial charge in [-0.05, 0) is 17.9 Å². The van der Waals surface area contributed by atoms with Gasteiger partial charge in [-0.1, -0.05) is 13.0 Å². The van der Waals surface area contributed by atoms with Crippen molar-refractivity contribution < 1.29 is 4.42 Å². The topological polar surface area (TPSA) is 26.0 Å². The number of nitrogens with zero attached hydrogens (tertiary/aromatic N) is 1. The number of thiophene rings is 1. The summed E-state index contributed by atoms with van der Waals surface area (Å²) < 4.78 is 5.57. The number of aryl methyl sites for hydroxylation is 1. The van der Waals surface area contributed by atoms with Gasteiger partial charge in [-0.25, -0.2) is 4.98 Å². The summed E-state index contributed by atoms with van der Waals surface area (Å²) in [5, 5.41) is 2.04. The van der Waals surface area contributed by atoms with E-state index in [1.54, 1.807) is 17.5 Å². The van der Waals surface area contributed by atoms with Gasteiger partial charge in [0, 0.05) is 6.42 Å². The second kappa shape index (κ2) is 3.75. The molecular weight excluding hydrogens is 182 g/mol. The van der Waals surface area contributed by atoms with Crippen LogP contribution in [0.3, 0.4) is 0 Å². The second-order valence-corrected chi connectivity index (χ2v) is 3.79. The van der Waals surface area contributed by atoms with Crippen molar-refractivity contribution in [2.24, 2.45) is 0 Å². The molecule has 2 aromatic heterocycles.